The molecule has 0 saturated carbocycles. The summed E-state index contributed by atoms with van der Waals surface area (Å²) < 4.78 is 12.8. The van der Waals surface area contributed by atoms with Crippen LogP contribution < -0.4 is 21.7 Å². The van der Waals surface area contributed by atoms with Crippen molar-refractivity contribution < 1.29 is 13.9 Å². The van der Waals surface area contributed by atoms with Crippen molar-refractivity contribution in [2.75, 3.05) is 18.6 Å². The minimum Gasteiger partial charge on any atom is -0.497 e. The second-order valence-corrected chi connectivity index (χ2v) is 8.15. The predicted molar refractivity (Wildman–Crippen MR) is 117 cm³/mol. The Labute approximate surface area is 182 Å². The zero-order valence-electron chi connectivity index (χ0n) is 17.6. The maximum atomic E-state index is 12.8. The predicted octanol–water partition coefficient (Wildman–Crippen LogP) is 1.82. The number of ether oxygens (including phenoxy) is 1. The second-order valence-electron chi connectivity index (χ2n) is 7.22. The number of nitrogen functional groups attached to an aromatic ring is 1. The number of benzene rings is 1. The van der Waals surface area contributed by atoms with Gasteiger partial charge in [0.15, 0.2) is 5.78 Å². The maximum absolute atomic E-state index is 12.8. The molecule has 0 spiro atoms. The van der Waals surface area contributed by atoms with E-state index in [1.807, 2.05) is 13.8 Å². The van der Waals surface area contributed by atoms with Gasteiger partial charge in [0.1, 0.15) is 17.1 Å². The Balaban J connectivity index is 1.80. The van der Waals surface area contributed by atoms with Crippen LogP contribution in [0, 0.1) is 5.92 Å². The summed E-state index contributed by atoms with van der Waals surface area (Å²) in [6.07, 6.45) is 0. The molecule has 0 unspecified atom stereocenters. The lowest BCUT2D eigenvalue weighted by Gasteiger charge is -2.15. The Morgan fingerprint density at radius 1 is 1.23 bits per heavy atom. The van der Waals surface area contributed by atoms with E-state index < -0.39 is 17.0 Å². The highest BCUT2D eigenvalue weighted by atomic mass is 32.2. The Morgan fingerprint density at radius 2 is 1.90 bits per heavy atom. The van der Waals surface area contributed by atoms with E-state index in [0.29, 0.717) is 23.7 Å². The van der Waals surface area contributed by atoms with Gasteiger partial charge in [-0.15, -0.1) is 10.2 Å². The molecule has 2 heterocycles. The van der Waals surface area contributed by atoms with Gasteiger partial charge in [-0.1, -0.05) is 25.6 Å². The number of nitrogens with zero attached hydrogens (tertiary/aromatic N) is 4. The number of methoxy groups -OCH3 is 1. The van der Waals surface area contributed by atoms with Crippen LogP contribution in [0.15, 0.2) is 43.5 Å². The van der Waals surface area contributed by atoms with Crippen molar-refractivity contribution in [1.29, 1.82) is 0 Å². The summed E-state index contributed by atoms with van der Waals surface area (Å²) in [5.74, 6) is 0.287. The van der Waals surface area contributed by atoms with Crippen molar-refractivity contribution in [2.24, 2.45) is 13.0 Å². The number of hydrogen-bond acceptors (Lipinski definition) is 9. The minimum absolute atomic E-state index is 0.101. The first kappa shape index (κ1) is 22.3. The fraction of sp³-hybridized carbons (Fsp3) is 0.350. The van der Waals surface area contributed by atoms with Gasteiger partial charge in [-0.2, -0.15) is 0 Å². The fourth-order valence-electron chi connectivity index (χ4n) is 2.90. The first-order valence-corrected chi connectivity index (χ1v) is 10.4. The molecule has 0 aliphatic heterocycles. The smallest absolute Gasteiger partial charge is 0.332 e. The average molecular weight is 446 g/mol. The number of anilines is 1. The zero-order valence-corrected chi connectivity index (χ0v) is 18.4. The normalized spacial score (nSPS) is 11.1. The van der Waals surface area contributed by atoms with E-state index in [2.05, 4.69) is 10.2 Å². The second kappa shape index (κ2) is 9.21. The van der Waals surface area contributed by atoms with Crippen LogP contribution in [0.2, 0.25) is 0 Å². The highest BCUT2D eigenvalue weighted by Gasteiger charge is 2.23. The molecular weight excluding hydrogens is 422 g/mol. The van der Waals surface area contributed by atoms with Gasteiger partial charge in [0.05, 0.1) is 12.9 Å². The molecule has 31 heavy (non-hydrogen) atoms. The summed E-state index contributed by atoms with van der Waals surface area (Å²) in [6, 6.07) is 7.07. The molecule has 3 aromatic rings. The topological polar surface area (TPSA) is 135 Å². The number of aromatic nitrogens is 4. The van der Waals surface area contributed by atoms with Crippen LogP contribution in [-0.4, -0.2) is 38.0 Å². The number of carbonyl (C=O) groups excluding carboxylic acids is 1. The molecule has 0 aliphatic rings. The largest absolute Gasteiger partial charge is 0.497 e. The number of rotatable bonds is 8. The first-order valence-electron chi connectivity index (χ1n) is 9.46. The molecule has 0 bridgehead atoms. The van der Waals surface area contributed by atoms with E-state index in [1.54, 1.807) is 31.4 Å². The van der Waals surface area contributed by atoms with Crippen LogP contribution in [0.25, 0.3) is 11.5 Å². The van der Waals surface area contributed by atoms with Gasteiger partial charge in [-0.25, -0.2) is 4.79 Å². The molecule has 0 saturated heterocycles. The number of Topliss-reactive ketones (excluding diaryl/α,β-unsaturated/α-hetero) is 1. The van der Waals surface area contributed by atoms with E-state index in [9.17, 15) is 14.4 Å². The van der Waals surface area contributed by atoms with Crippen LogP contribution in [0.4, 0.5) is 5.82 Å². The van der Waals surface area contributed by atoms with Crippen LogP contribution in [-0.2, 0) is 13.6 Å². The molecule has 3 rings (SSSR count). The number of carbonyl (C=O) groups is 1. The summed E-state index contributed by atoms with van der Waals surface area (Å²) in [6.45, 7) is 4.11. The Hall–Kier alpha value is -3.34. The van der Waals surface area contributed by atoms with Crippen molar-refractivity contribution in [3.05, 3.63) is 50.7 Å². The Morgan fingerprint density at radius 3 is 2.52 bits per heavy atom. The molecule has 0 radical (unpaired) electrons. The first-order chi connectivity index (χ1) is 14.7. The van der Waals surface area contributed by atoms with Crippen LogP contribution in [0.1, 0.15) is 24.2 Å². The monoisotopic (exact) mass is 445 g/mol. The molecule has 164 valence electrons. The van der Waals surface area contributed by atoms with Gasteiger partial charge in [0, 0.05) is 19.2 Å². The molecule has 1 aromatic carbocycles. The lowest BCUT2D eigenvalue weighted by molar-refractivity contribution is 0.102. The lowest BCUT2D eigenvalue weighted by atomic mass is 10.2. The van der Waals surface area contributed by atoms with Gasteiger partial charge < -0.3 is 14.9 Å². The molecule has 0 fully saturated rings. The maximum Gasteiger partial charge on any atom is 0.332 e. The zero-order chi connectivity index (χ0) is 22.7. The molecular formula is C20H23N5O5S. The van der Waals surface area contributed by atoms with Crippen LogP contribution in [0.3, 0.4) is 0 Å². The Bertz CT molecular complexity index is 1210. The quantitative estimate of drug-likeness (QED) is 0.407. The van der Waals surface area contributed by atoms with Crippen molar-refractivity contribution in [1.82, 2.24) is 19.3 Å². The van der Waals surface area contributed by atoms with Crippen LogP contribution >= 0.6 is 11.8 Å². The van der Waals surface area contributed by atoms with Crippen molar-refractivity contribution in [3.8, 4) is 17.2 Å². The van der Waals surface area contributed by atoms with E-state index >= 15 is 0 Å². The summed E-state index contributed by atoms with van der Waals surface area (Å²) >= 11 is 0.988. The Kier molecular flexibility index (Phi) is 6.64. The van der Waals surface area contributed by atoms with Gasteiger partial charge in [-0.3, -0.25) is 18.7 Å². The number of nitrogens with two attached hydrogens (primary N) is 1. The summed E-state index contributed by atoms with van der Waals surface area (Å²) in [5, 5.41) is 8.07. The van der Waals surface area contributed by atoms with Gasteiger partial charge >= 0.3 is 5.69 Å². The van der Waals surface area contributed by atoms with Crippen molar-refractivity contribution in [2.45, 2.75) is 25.6 Å². The molecule has 10 nitrogen and oxygen atoms in total. The molecule has 2 N–H and O–H groups in total. The van der Waals surface area contributed by atoms with Gasteiger partial charge in [-0.05, 0) is 30.2 Å². The lowest BCUT2D eigenvalue weighted by Crippen LogP contribution is -2.43. The van der Waals surface area contributed by atoms with Gasteiger partial charge in [0.25, 0.3) is 10.8 Å². The van der Waals surface area contributed by atoms with E-state index in [4.69, 9.17) is 14.9 Å². The highest BCUT2D eigenvalue weighted by molar-refractivity contribution is 7.99. The van der Waals surface area contributed by atoms with Gasteiger partial charge in [0.2, 0.25) is 5.89 Å². The fourth-order valence-corrected chi connectivity index (χ4v) is 3.54. The van der Waals surface area contributed by atoms with E-state index in [0.717, 1.165) is 16.3 Å². The highest BCUT2D eigenvalue weighted by Crippen LogP contribution is 2.25. The summed E-state index contributed by atoms with van der Waals surface area (Å²) in [5.41, 5.74) is 5.24. The summed E-state index contributed by atoms with van der Waals surface area (Å²) in [4.78, 5) is 37.7. The minimum atomic E-state index is -0.724. The van der Waals surface area contributed by atoms with Crippen molar-refractivity contribution >= 4 is 23.4 Å². The number of ketones is 1. The third-order valence-electron chi connectivity index (χ3n) is 4.48. The molecule has 0 amide bonds. The molecule has 0 aliphatic carbocycles. The summed E-state index contributed by atoms with van der Waals surface area (Å²) in [7, 11) is 2.90. The molecule has 2 aromatic heterocycles. The van der Waals surface area contributed by atoms with Crippen LogP contribution in [0.5, 0.6) is 5.75 Å². The van der Waals surface area contributed by atoms with Crippen molar-refractivity contribution in [3.63, 3.8) is 0 Å². The number of thioether (sulfide) groups is 1. The average Bonchev–Trinajstić information content (AvgIpc) is 3.23. The van der Waals surface area contributed by atoms with E-state index in [-0.39, 0.29) is 28.3 Å². The standard InChI is InChI=1S/C20H23N5O5S/c1-11(2)9-25-16(21)15(18(27)24(3)20(25)28)14(26)10-31-19-23-22-17(30-19)12-5-7-13(29-4)8-6-12/h5-8,11H,9-10,21H2,1-4H3. The van der Waals surface area contributed by atoms with E-state index in [1.165, 1.54) is 11.6 Å². The third kappa shape index (κ3) is 4.71. The SMILES string of the molecule is COc1ccc(-c2nnc(SCC(=O)c3c(N)n(CC(C)C)c(=O)n(C)c3=O)o2)cc1. The third-order valence-corrected chi connectivity index (χ3v) is 5.30. The molecule has 0 atom stereocenters. The molecule has 11 heteroatoms. The number of hydrogen-bond donors (Lipinski definition) is 1.